The zero-order valence-electron chi connectivity index (χ0n) is 25.6. The van der Waals surface area contributed by atoms with Crippen LogP contribution in [0.5, 0.6) is 11.5 Å². The van der Waals surface area contributed by atoms with Crippen LogP contribution in [-0.2, 0) is 30.3 Å². The number of aliphatic carboxylic acids is 1. The molecule has 3 N–H and O–H groups in total. The number of carboxylic acid groups (broad SMARTS) is 1. The van der Waals surface area contributed by atoms with Crippen molar-refractivity contribution < 1.29 is 43.2 Å². The third kappa shape index (κ3) is 9.80. The summed E-state index contributed by atoms with van der Waals surface area (Å²) in [5.41, 5.74) is 2.56. The lowest BCUT2D eigenvalue weighted by Crippen LogP contribution is -2.52. The van der Waals surface area contributed by atoms with E-state index in [2.05, 4.69) is 0 Å². The van der Waals surface area contributed by atoms with Crippen LogP contribution in [0, 0.1) is 10.8 Å². The van der Waals surface area contributed by atoms with Crippen molar-refractivity contribution in [2.75, 3.05) is 0 Å². The standard InChI is InChI=1S/C30H47NO9/c1-11-27(5,6)24(34)38-21-15-14-20(16-22(21)39-25(35)28(7,8)12-2)18-30(31,23(32)33)17-19(4)37-26(36)40-29(9,10)13-3/h14-16,19H,11-13,17-18,31H2,1-10H3,(H,32,33)/t19-,30?/m0/s1. The van der Waals surface area contributed by atoms with Crippen molar-refractivity contribution in [3.8, 4) is 11.5 Å². The van der Waals surface area contributed by atoms with Crippen LogP contribution >= 0.6 is 0 Å². The first-order chi connectivity index (χ1) is 18.2. The molecule has 0 fully saturated rings. The van der Waals surface area contributed by atoms with Gasteiger partial charge in [-0.15, -0.1) is 0 Å². The number of carbonyl (C=O) groups is 4. The topological polar surface area (TPSA) is 151 Å². The van der Waals surface area contributed by atoms with Crippen molar-refractivity contribution in [3.63, 3.8) is 0 Å². The van der Waals surface area contributed by atoms with Gasteiger partial charge in [-0.3, -0.25) is 14.4 Å². The predicted molar refractivity (Wildman–Crippen MR) is 150 cm³/mol. The number of nitrogens with two attached hydrogens (primary N) is 1. The van der Waals surface area contributed by atoms with E-state index in [9.17, 15) is 24.3 Å². The van der Waals surface area contributed by atoms with E-state index in [0.717, 1.165) is 0 Å². The largest absolute Gasteiger partial charge is 0.509 e. The number of carbonyl (C=O) groups excluding carboxylic acids is 3. The van der Waals surface area contributed by atoms with E-state index < -0.39 is 52.1 Å². The number of ether oxygens (including phenoxy) is 4. The van der Waals surface area contributed by atoms with Gasteiger partial charge in [-0.25, -0.2) is 4.79 Å². The van der Waals surface area contributed by atoms with E-state index in [1.807, 2.05) is 20.8 Å². The van der Waals surface area contributed by atoms with Crippen LogP contribution in [0.15, 0.2) is 18.2 Å². The molecule has 2 atom stereocenters. The smallest absolute Gasteiger partial charge is 0.480 e. The number of hydrogen-bond acceptors (Lipinski definition) is 9. The highest BCUT2D eigenvalue weighted by atomic mass is 16.7. The Kier molecular flexibility index (Phi) is 11.8. The minimum absolute atomic E-state index is 0.0216. The van der Waals surface area contributed by atoms with Crippen molar-refractivity contribution in [1.29, 1.82) is 0 Å². The van der Waals surface area contributed by atoms with Gasteiger partial charge in [0.2, 0.25) is 0 Å². The van der Waals surface area contributed by atoms with E-state index in [-0.39, 0.29) is 24.3 Å². The maximum absolute atomic E-state index is 12.9. The van der Waals surface area contributed by atoms with E-state index in [4.69, 9.17) is 24.7 Å². The minimum atomic E-state index is -1.84. The summed E-state index contributed by atoms with van der Waals surface area (Å²) in [4.78, 5) is 50.1. The Labute approximate surface area is 237 Å². The van der Waals surface area contributed by atoms with Crippen molar-refractivity contribution in [2.24, 2.45) is 16.6 Å². The maximum Gasteiger partial charge on any atom is 0.509 e. The highest BCUT2D eigenvalue weighted by Crippen LogP contribution is 2.35. The molecule has 0 saturated carbocycles. The lowest BCUT2D eigenvalue weighted by Gasteiger charge is -2.29. The molecule has 0 aliphatic heterocycles. The van der Waals surface area contributed by atoms with Gasteiger partial charge in [0, 0.05) is 12.8 Å². The first kappa shape index (κ1) is 34.9. The Bertz CT molecular complexity index is 1080. The van der Waals surface area contributed by atoms with Crippen LogP contribution in [0.4, 0.5) is 4.79 Å². The van der Waals surface area contributed by atoms with Gasteiger partial charge in [-0.2, -0.15) is 0 Å². The molecule has 10 heteroatoms. The summed E-state index contributed by atoms with van der Waals surface area (Å²) in [6.07, 6.45) is -0.604. The van der Waals surface area contributed by atoms with Crippen LogP contribution in [0.2, 0.25) is 0 Å². The molecule has 0 bridgehead atoms. The molecule has 0 aromatic heterocycles. The minimum Gasteiger partial charge on any atom is -0.480 e. The Hall–Kier alpha value is -3.14. The lowest BCUT2D eigenvalue weighted by atomic mass is 9.86. The van der Waals surface area contributed by atoms with Gasteiger partial charge >= 0.3 is 24.1 Å². The molecule has 0 aliphatic rings. The maximum atomic E-state index is 12.9. The molecule has 226 valence electrons. The highest BCUT2D eigenvalue weighted by Gasteiger charge is 2.38. The molecule has 10 nitrogen and oxygen atoms in total. The molecule has 1 unspecified atom stereocenters. The molecular weight excluding hydrogens is 518 g/mol. The average molecular weight is 566 g/mol. The fraction of sp³-hybridized carbons (Fsp3) is 0.667. The third-order valence-corrected chi connectivity index (χ3v) is 7.39. The zero-order chi connectivity index (χ0) is 31.1. The molecule has 0 amide bonds. The molecule has 0 aliphatic carbocycles. The summed E-state index contributed by atoms with van der Waals surface area (Å²) in [6, 6.07) is 4.45. The van der Waals surface area contributed by atoms with Crippen LogP contribution in [0.25, 0.3) is 0 Å². The molecule has 1 rings (SSSR count). The Morgan fingerprint density at radius 3 is 1.80 bits per heavy atom. The quantitative estimate of drug-likeness (QED) is 0.209. The van der Waals surface area contributed by atoms with Gasteiger partial charge in [-0.1, -0.05) is 26.8 Å². The summed E-state index contributed by atoms with van der Waals surface area (Å²) in [5.74, 6) is -2.33. The fourth-order valence-electron chi connectivity index (χ4n) is 3.23. The second kappa shape index (κ2) is 13.5. The number of rotatable bonds is 14. The Morgan fingerprint density at radius 1 is 0.850 bits per heavy atom. The molecular formula is C30H47NO9. The van der Waals surface area contributed by atoms with E-state index in [1.165, 1.54) is 19.1 Å². The Morgan fingerprint density at radius 2 is 1.35 bits per heavy atom. The molecule has 40 heavy (non-hydrogen) atoms. The average Bonchev–Trinajstić information content (AvgIpc) is 2.84. The predicted octanol–water partition coefficient (Wildman–Crippen LogP) is 5.81. The zero-order valence-corrected chi connectivity index (χ0v) is 25.6. The summed E-state index contributed by atoms with van der Waals surface area (Å²) in [5, 5.41) is 9.99. The normalized spacial score (nSPS) is 14.5. The molecule has 1 aromatic carbocycles. The molecule has 0 radical (unpaired) electrons. The van der Waals surface area contributed by atoms with Gasteiger partial charge in [0.15, 0.2) is 11.5 Å². The molecule has 0 heterocycles. The first-order valence-electron chi connectivity index (χ1n) is 13.7. The van der Waals surface area contributed by atoms with Crippen molar-refractivity contribution in [3.05, 3.63) is 23.8 Å². The van der Waals surface area contributed by atoms with Gasteiger partial charge in [0.05, 0.1) is 10.8 Å². The Balaban J connectivity index is 3.31. The van der Waals surface area contributed by atoms with Gasteiger partial charge < -0.3 is 29.8 Å². The van der Waals surface area contributed by atoms with Crippen LogP contribution in [0.3, 0.4) is 0 Å². The van der Waals surface area contributed by atoms with Crippen molar-refractivity contribution >= 4 is 24.1 Å². The van der Waals surface area contributed by atoms with Gasteiger partial charge in [-0.05, 0) is 85.4 Å². The van der Waals surface area contributed by atoms with E-state index in [1.54, 1.807) is 47.6 Å². The molecule has 0 saturated heterocycles. The monoisotopic (exact) mass is 565 g/mol. The summed E-state index contributed by atoms with van der Waals surface area (Å²) in [6.45, 7) is 17.5. The molecule has 1 aromatic rings. The van der Waals surface area contributed by atoms with Gasteiger partial charge in [0.1, 0.15) is 17.2 Å². The fourth-order valence-corrected chi connectivity index (χ4v) is 3.23. The van der Waals surface area contributed by atoms with Gasteiger partial charge in [0.25, 0.3) is 0 Å². The number of hydrogen-bond donors (Lipinski definition) is 2. The number of esters is 2. The molecule has 0 spiro atoms. The second-order valence-electron chi connectivity index (χ2n) is 12.3. The lowest BCUT2D eigenvalue weighted by molar-refractivity contribution is -0.147. The summed E-state index contributed by atoms with van der Waals surface area (Å²) < 4.78 is 21.8. The second-order valence-corrected chi connectivity index (χ2v) is 12.3. The van der Waals surface area contributed by atoms with Crippen LogP contribution in [0.1, 0.15) is 100 Å². The van der Waals surface area contributed by atoms with E-state index >= 15 is 0 Å². The number of benzene rings is 1. The summed E-state index contributed by atoms with van der Waals surface area (Å²) >= 11 is 0. The SMILES string of the molecule is CCC(C)(C)OC(=O)O[C@@H](C)CC(N)(Cc1ccc(OC(=O)C(C)(C)CC)c(OC(=O)C(C)(C)CC)c1)C(=O)O. The van der Waals surface area contributed by atoms with E-state index in [0.29, 0.717) is 24.8 Å². The first-order valence-corrected chi connectivity index (χ1v) is 13.7. The number of carboxylic acids is 1. The van der Waals surface area contributed by atoms with Crippen molar-refractivity contribution in [1.82, 2.24) is 0 Å². The van der Waals surface area contributed by atoms with Crippen molar-refractivity contribution in [2.45, 2.75) is 119 Å². The van der Waals surface area contributed by atoms with Crippen LogP contribution < -0.4 is 15.2 Å². The highest BCUT2D eigenvalue weighted by molar-refractivity contribution is 5.82. The van der Waals surface area contributed by atoms with Crippen LogP contribution in [-0.4, -0.2) is 46.4 Å². The third-order valence-electron chi connectivity index (χ3n) is 7.39. The summed E-state index contributed by atoms with van der Waals surface area (Å²) in [7, 11) is 0.